The van der Waals surface area contributed by atoms with Crippen molar-refractivity contribution in [1.82, 2.24) is 10.2 Å². The number of furan rings is 1. The van der Waals surface area contributed by atoms with Crippen LogP contribution in [0.2, 0.25) is 0 Å². The Labute approximate surface area is 187 Å². The van der Waals surface area contributed by atoms with Crippen LogP contribution in [0.5, 0.6) is 5.75 Å². The standard InChI is InChI=1S/C25H27N3O4/c1-31-21-10-5-9-20(18-21)27-12-14-28(15-13-27)25(30)22(17-19-7-3-2-4-8-19)26-24(29)23-11-6-16-32-23/h2-11,16,18,22H,12-15,17H2,1H3,(H,26,29). The Morgan fingerprint density at radius 2 is 1.78 bits per heavy atom. The lowest BCUT2D eigenvalue weighted by Gasteiger charge is -2.37. The first-order valence-corrected chi connectivity index (χ1v) is 10.7. The van der Waals surface area contributed by atoms with Crippen molar-refractivity contribution in [2.75, 3.05) is 38.2 Å². The molecule has 3 aromatic rings. The van der Waals surface area contributed by atoms with E-state index in [1.54, 1.807) is 19.2 Å². The molecule has 1 N–H and O–H groups in total. The number of nitrogens with zero attached hydrogens (tertiary/aromatic N) is 2. The number of rotatable bonds is 7. The van der Waals surface area contributed by atoms with Crippen LogP contribution in [0.4, 0.5) is 5.69 Å². The molecule has 2 amide bonds. The fourth-order valence-electron chi connectivity index (χ4n) is 3.90. The average molecular weight is 434 g/mol. The molecule has 0 spiro atoms. The molecule has 2 heterocycles. The van der Waals surface area contributed by atoms with E-state index in [4.69, 9.17) is 9.15 Å². The summed E-state index contributed by atoms with van der Waals surface area (Å²) >= 11 is 0. The summed E-state index contributed by atoms with van der Waals surface area (Å²) in [5.41, 5.74) is 2.06. The fourth-order valence-corrected chi connectivity index (χ4v) is 3.90. The molecular formula is C25H27N3O4. The van der Waals surface area contributed by atoms with Crippen molar-refractivity contribution in [3.05, 3.63) is 84.3 Å². The lowest BCUT2D eigenvalue weighted by atomic mass is 10.0. The zero-order chi connectivity index (χ0) is 22.3. The molecule has 1 saturated heterocycles. The van der Waals surface area contributed by atoms with Gasteiger partial charge in [-0.15, -0.1) is 0 Å². The summed E-state index contributed by atoms with van der Waals surface area (Å²) < 4.78 is 10.5. The first-order valence-electron chi connectivity index (χ1n) is 10.7. The predicted octanol–water partition coefficient (Wildman–Crippen LogP) is 2.98. The number of methoxy groups -OCH3 is 1. The molecule has 166 valence electrons. The minimum Gasteiger partial charge on any atom is -0.497 e. The molecular weight excluding hydrogens is 406 g/mol. The number of hydrogen-bond acceptors (Lipinski definition) is 5. The molecule has 1 atom stereocenters. The van der Waals surface area contributed by atoms with Gasteiger partial charge in [-0.05, 0) is 29.8 Å². The molecule has 32 heavy (non-hydrogen) atoms. The summed E-state index contributed by atoms with van der Waals surface area (Å²) in [5, 5.41) is 2.87. The van der Waals surface area contributed by atoms with Gasteiger partial charge in [0.1, 0.15) is 11.8 Å². The van der Waals surface area contributed by atoms with Crippen molar-refractivity contribution >= 4 is 17.5 Å². The van der Waals surface area contributed by atoms with Crippen molar-refractivity contribution in [1.29, 1.82) is 0 Å². The zero-order valence-electron chi connectivity index (χ0n) is 18.1. The van der Waals surface area contributed by atoms with Gasteiger partial charge in [-0.3, -0.25) is 9.59 Å². The summed E-state index contributed by atoms with van der Waals surface area (Å²) in [6, 6.07) is 20.2. The van der Waals surface area contributed by atoms with Crippen LogP contribution in [0, 0.1) is 0 Å². The number of piperazine rings is 1. The van der Waals surface area contributed by atoms with Gasteiger partial charge in [-0.25, -0.2) is 0 Å². The summed E-state index contributed by atoms with van der Waals surface area (Å²) in [6.45, 7) is 2.59. The van der Waals surface area contributed by atoms with Gasteiger partial charge in [0, 0.05) is 44.4 Å². The van der Waals surface area contributed by atoms with E-state index in [1.165, 1.54) is 6.26 Å². The number of carbonyl (C=O) groups is 2. The van der Waals surface area contributed by atoms with Gasteiger partial charge in [-0.2, -0.15) is 0 Å². The second-order valence-corrected chi connectivity index (χ2v) is 7.71. The van der Waals surface area contributed by atoms with E-state index < -0.39 is 6.04 Å². The molecule has 4 rings (SSSR count). The van der Waals surface area contributed by atoms with Crippen LogP contribution in [0.3, 0.4) is 0 Å². The number of amides is 2. The second-order valence-electron chi connectivity index (χ2n) is 7.71. The van der Waals surface area contributed by atoms with Crippen molar-refractivity contribution in [3.63, 3.8) is 0 Å². The van der Waals surface area contributed by atoms with Crippen LogP contribution < -0.4 is 15.0 Å². The Balaban J connectivity index is 1.44. The number of carbonyl (C=O) groups excluding carboxylic acids is 2. The summed E-state index contributed by atoms with van der Waals surface area (Å²) in [6.07, 6.45) is 1.86. The van der Waals surface area contributed by atoms with E-state index in [0.29, 0.717) is 32.6 Å². The van der Waals surface area contributed by atoms with Crippen LogP contribution in [-0.4, -0.2) is 56.0 Å². The van der Waals surface area contributed by atoms with Gasteiger partial charge in [0.2, 0.25) is 5.91 Å². The van der Waals surface area contributed by atoms with Crippen molar-refractivity contribution in [2.24, 2.45) is 0 Å². The van der Waals surface area contributed by atoms with E-state index in [2.05, 4.69) is 10.2 Å². The van der Waals surface area contributed by atoms with Crippen LogP contribution in [-0.2, 0) is 11.2 Å². The number of ether oxygens (including phenoxy) is 1. The summed E-state index contributed by atoms with van der Waals surface area (Å²) in [7, 11) is 1.65. The highest BCUT2D eigenvalue weighted by Gasteiger charge is 2.29. The van der Waals surface area contributed by atoms with E-state index in [-0.39, 0.29) is 17.6 Å². The lowest BCUT2D eigenvalue weighted by molar-refractivity contribution is -0.133. The number of anilines is 1. The second kappa shape index (κ2) is 10.0. The molecule has 0 bridgehead atoms. The smallest absolute Gasteiger partial charge is 0.287 e. The average Bonchev–Trinajstić information content (AvgIpc) is 3.39. The molecule has 1 fully saturated rings. The SMILES string of the molecule is COc1cccc(N2CCN(C(=O)C(Cc3ccccc3)NC(=O)c3ccco3)CC2)c1. The molecule has 7 heteroatoms. The highest BCUT2D eigenvalue weighted by molar-refractivity contribution is 5.95. The van der Waals surface area contributed by atoms with E-state index >= 15 is 0 Å². The van der Waals surface area contributed by atoms with Gasteiger partial charge in [0.05, 0.1) is 13.4 Å². The highest BCUT2D eigenvalue weighted by Crippen LogP contribution is 2.22. The molecule has 0 saturated carbocycles. The number of nitrogens with one attached hydrogen (secondary N) is 1. The molecule has 1 unspecified atom stereocenters. The minimum absolute atomic E-state index is 0.0842. The zero-order valence-corrected chi connectivity index (χ0v) is 18.1. The molecule has 1 aromatic heterocycles. The van der Waals surface area contributed by atoms with Crippen molar-refractivity contribution in [2.45, 2.75) is 12.5 Å². The van der Waals surface area contributed by atoms with E-state index in [9.17, 15) is 9.59 Å². The van der Waals surface area contributed by atoms with E-state index in [0.717, 1.165) is 17.0 Å². The van der Waals surface area contributed by atoms with Gasteiger partial charge in [0.25, 0.3) is 5.91 Å². The first-order chi connectivity index (χ1) is 15.6. The van der Waals surface area contributed by atoms with Gasteiger partial charge >= 0.3 is 0 Å². The van der Waals surface area contributed by atoms with Crippen LogP contribution >= 0.6 is 0 Å². The van der Waals surface area contributed by atoms with Gasteiger partial charge in [0.15, 0.2) is 5.76 Å². The van der Waals surface area contributed by atoms with Crippen molar-refractivity contribution < 1.29 is 18.7 Å². The van der Waals surface area contributed by atoms with Crippen LogP contribution in [0.1, 0.15) is 16.1 Å². The van der Waals surface area contributed by atoms with Gasteiger partial charge in [-0.1, -0.05) is 36.4 Å². The highest BCUT2D eigenvalue weighted by atomic mass is 16.5. The Hall–Kier alpha value is -3.74. The van der Waals surface area contributed by atoms with Crippen LogP contribution in [0.25, 0.3) is 0 Å². The quantitative estimate of drug-likeness (QED) is 0.620. The van der Waals surface area contributed by atoms with E-state index in [1.807, 2.05) is 59.5 Å². The molecule has 0 radical (unpaired) electrons. The van der Waals surface area contributed by atoms with Gasteiger partial charge < -0.3 is 24.3 Å². The Kier molecular flexibility index (Phi) is 6.75. The maximum atomic E-state index is 13.4. The first kappa shape index (κ1) is 21.5. The largest absolute Gasteiger partial charge is 0.497 e. The molecule has 1 aliphatic rings. The topological polar surface area (TPSA) is 75.0 Å². The van der Waals surface area contributed by atoms with Crippen molar-refractivity contribution in [3.8, 4) is 5.75 Å². The predicted molar refractivity (Wildman–Crippen MR) is 122 cm³/mol. The Morgan fingerprint density at radius 3 is 2.47 bits per heavy atom. The third kappa shape index (κ3) is 5.11. The molecule has 0 aliphatic carbocycles. The normalized spacial score (nSPS) is 14.7. The maximum absolute atomic E-state index is 13.4. The van der Waals surface area contributed by atoms with Crippen LogP contribution in [0.15, 0.2) is 77.4 Å². The summed E-state index contributed by atoms with van der Waals surface area (Å²) in [4.78, 5) is 30.1. The molecule has 7 nitrogen and oxygen atoms in total. The number of benzene rings is 2. The molecule has 2 aromatic carbocycles. The minimum atomic E-state index is -0.668. The third-order valence-corrected chi connectivity index (χ3v) is 5.64. The Morgan fingerprint density at radius 1 is 1.00 bits per heavy atom. The number of hydrogen-bond donors (Lipinski definition) is 1. The fraction of sp³-hybridized carbons (Fsp3) is 0.280. The summed E-state index contributed by atoms with van der Waals surface area (Å²) in [5.74, 6) is 0.529. The lowest BCUT2D eigenvalue weighted by Crippen LogP contribution is -2.55. The monoisotopic (exact) mass is 433 g/mol. The maximum Gasteiger partial charge on any atom is 0.287 e. The Bertz CT molecular complexity index is 1030. The third-order valence-electron chi connectivity index (χ3n) is 5.64. The molecule has 1 aliphatic heterocycles.